The van der Waals surface area contributed by atoms with Gasteiger partial charge in [-0.15, -0.1) is 8.78 Å². The Morgan fingerprint density at radius 2 is 1.67 bits per heavy atom. The number of nitrogens with zero attached hydrogens (tertiary/aromatic N) is 1. The molecule has 2 aliphatic rings. The van der Waals surface area contributed by atoms with Crippen LogP contribution in [0.25, 0.3) is 0 Å². The van der Waals surface area contributed by atoms with Crippen molar-refractivity contribution in [3.8, 4) is 11.5 Å². The summed E-state index contributed by atoms with van der Waals surface area (Å²) in [5.41, 5.74) is -0.951. The van der Waals surface area contributed by atoms with Gasteiger partial charge in [0.25, 0.3) is 0 Å². The molecule has 1 aromatic carbocycles. The molecule has 0 spiro atoms. The first-order valence-electron chi connectivity index (χ1n) is 7.42. The minimum atomic E-state index is -3.94. The van der Waals surface area contributed by atoms with Crippen molar-refractivity contribution in [1.29, 1.82) is 0 Å². The van der Waals surface area contributed by atoms with Crippen molar-refractivity contribution in [1.82, 2.24) is 0 Å². The lowest BCUT2D eigenvalue weighted by atomic mass is 10.1. The van der Waals surface area contributed by atoms with E-state index in [9.17, 15) is 22.8 Å². The zero-order valence-corrected chi connectivity index (χ0v) is 14.0. The molecule has 0 aliphatic carbocycles. The van der Waals surface area contributed by atoms with Gasteiger partial charge in [-0.2, -0.15) is 0 Å². The van der Waals surface area contributed by atoms with Crippen LogP contribution < -0.4 is 14.4 Å². The highest BCUT2D eigenvalue weighted by Gasteiger charge is 2.44. The van der Waals surface area contributed by atoms with E-state index in [0.717, 1.165) is 25.2 Å². The van der Waals surface area contributed by atoms with Crippen LogP contribution in [0.1, 0.15) is 0 Å². The normalized spacial score (nSPS) is 17.0. The van der Waals surface area contributed by atoms with Crippen LogP contribution in [0, 0.1) is 5.82 Å². The van der Waals surface area contributed by atoms with E-state index in [0.29, 0.717) is 6.07 Å². The molecule has 0 unspecified atom stereocenters. The Labute approximate surface area is 150 Å². The van der Waals surface area contributed by atoms with Crippen molar-refractivity contribution in [2.75, 3.05) is 19.1 Å². The lowest BCUT2D eigenvalue weighted by molar-refractivity contribution is -0.286. The number of fused-ring (bicyclic) bond motifs is 1. The van der Waals surface area contributed by atoms with Crippen molar-refractivity contribution >= 4 is 17.6 Å². The van der Waals surface area contributed by atoms with E-state index in [1.54, 1.807) is 0 Å². The van der Waals surface area contributed by atoms with Gasteiger partial charge in [-0.1, -0.05) is 6.08 Å². The summed E-state index contributed by atoms with van der Waals surface area (Å²) < 4.78 is 58.9. The van der Waals surface area contributed by atoms with Crippen LogP contribution >= 0.6 is 0 Å². The first kappa shape index (κ1) is 18.4. The Kier molecular flexibility index (Phi) is 4.56. The number of rotatable bonds is 3. The molecule has 27 heavy (non-hydrogen) atoms. The Morgan fingerprint density at radius 3 is 2.30 bits per heavy atom. The topological polar surface area (TPSA) is 74.3 Å². The molecule has 1 aromatic rings. The maximum atomic E-state index is 14.6. The predicted molar refractivity (Wildman–Crippen MR) is 84.4 cm³/mol. The maximum Gasteiger partial charge on any atom is 0.586 e. The average Bonchev–Trinajstić information content (AvgIpc) is 2.79. The quantitative estimate of drug-likeness (QED) is 0.743. The van der Waals surface area contributed by atoms with E-state index in [1.807, 2.05) is 0 Å². The molecule has 142 valence electrons. The fourth-order valence-electron chi connectivity index (χ4n) is 2.50. The Hall–Kier alpha value is -3.43. The average molecular weight is 383 g/mol. The number of hydrogen-bond donors (Lipinski definition) is 0. The van der Waals surface area contributed by atoms with Gasteiger partial charge in [-0.25, -0.2) is 14.0 Å². The second kappa shape index (κ2) is 6.71. The number of carbonyl (C=O) groups is 2. The van der Waals surface area contributed by atoms with Crippen LogP contribution in [0.15, 0.2) is 47.8 Å². The van der Waals surface area contributed by atoms with Gasteiger partial charge in [0, 0.05) is 18.3 Å². The summed E-state index contributed by atoms with van der Waals surface area (Å²) in [7, 11) is 2.17. The monoisotopic (exact) mass is 383 g/mol. The van der Waals surface area contributed by atoms with E-state index < -0.39 is 35.5 Å². The molecule has 0 radical (unpaired) electrons. The van der Waals surface area contributed by atoms with Crippen LogP contribution in [-0.4, -0.2) is 32.5 Å². The number of alkyl halides is 2. The van der Waals surface area contributed by atoms with Crippen molar-refractivity contribution in [2.45, 2.75) is 6.29 Å². The summed E-state index contributed by atoms with van der Waals surface area (Å²) in [5.74, 6) is -3.81. The summed E-state index contributed by atoms with van der Waals surface area (Å²) in [5, 5.41) is 0. The van der Waals surface area contributed by atoms with Crippen LogP contribution in [0.4, 0.5) is 18.9 Å². The minimum absolute atomic E-state index is 0.225. The Morgan fingerprint density at radius 1 is 1.04 bits per heavy atom. The highest BCUT2D eigenvalue weighted by Crippen LogP contribution is 2.45. The zero-order chi connectivity index (χ0) is 19.8. The molecule has 3 rings (SSSR count). The number of allylic oxidation sites excluding steroid dienone is 2. The summed E-state index contributed by atoms with van der Waals surface area (Å²) >= 11 is 0. The van der Waals surface area contributed by atoms with Gasteiger partial charge in [0.15, 0.2) is 17.3 Å². The van der Waals surface area contributed by atoms with Gasteiger partial charge in [0.1, 0.15) is 5.70 Å². The molecule has 2 aliphatic heterocycles. The SMILES string of the molecule is COC(=O)C1=C(C(=O)OC)N(c2cc3c(cc2F)OC(F)(F)O3)C=CC=C1. The molecule has 7 nitrogen and oxygen atoms in total. The fraction of sp³-hybridized carbons (Fsp3) is 0.176. The number of carbonyl (C=O) groups excluding carboxylic acids is 2. The third kappa shape index (κ3) is 3.33. The van der Waals surface area contributed by atoms with Crippen LogP contribution in [-0.2, 0) is 19.1 Å². The fourth-order valence-corrected chi connectivity index (χ4v) is 2.50. The smallest absolute Gasteiger partial charge is 0.465 e. The molecule has 0 aromatic heterocycles. The lowest BCUT2D eigenvalue weighted by Crippen LogP contribution is -2.27. The number of hydrogen-bond acceptors (Lipinski definition) is 7. The molecule has 0 saturated carbocycles. The van der Waals surface area contributed by atoms with E-state index in [-0.39, 0.29) is 17.0 Å². The molecule has 0 fully saturated rings. The molecule has 10 heteroatoms. The third-order valence-electron chi connectivity index (χ3n) is 3.62. The largest absolute Gasteiger partial charge is 0.586 e. The van der Waals surface area contributed by atoms with E-state index in [2.05, 4.69) is 18.9 Å². The first-order valence-corrected chi connectivity index (χ1v) is 7.42. The standard InChI is InChI=1S/C17H12F3NO6/c1-24-15(22)9-5-3-4-6-21(14(9)16(23)25-2)11-8-13-12(7-10(11)18)26-17(19,20)27-13/h3-8H,1-2H3. The second-order valence-corrected chi connectivity index (χ2v) is 5.23. The number of anilines is 1. The highest BCUT2D eigenvalue weighted by molar-refractivity contribution is 6.05. The van der Waals surface area contributed by atoms with Crippen molar-refractivity contribution in [3.05, 3.63) is 53.6 Å². The summed E-state index contributed by atoms with van der Waals surface area (Å²) in [6.07, 6.45) is 1.39. The lowest BCUT2D eigenvalue weighted by Gasteiger charge is -2.23. The number of esters is 2. The van der Waals surface area contributed by atoms with E-state index in [4.69, 9.17) is 0 Å². The number of benzene rings is 1. The predicted octanol–water partition coefficient (Wildman–Crippen LogP) is 2.64. The van der Waals surface area contributed by atoms with Gasteiger partial charge >= 0.3 is 18.2 Å². The Balaban J connectivity index is 2.17. The van der Waals surface area contributed by atoms with E-state index in [1.165, 1.54) is 24.4 Å². The molecule has 0 amide bonds. The summed E-state index contributed by atoms with van der Waals surface area (Å²) in [4.78, 5) is 25.3. The third-order valence-corrected chi connectivity index (χ3v) is 3.62. The molecule has 0 bridgehead atoms. The van der Waals surface area contributed by atoms with Crippen molar-refractivity contribution in [2.24, 2.45) is 0 Å². The van der Waals surface area contributed by atoms with E-state index >= 15 is 0 Å². The van der Waals surface area contributed by atoms with Crippen LogP contribution in [0.5, 0.6) is 11.5 Å². The van der Waals surface area contributed by atoms with Crippen molar-refractivity contribution < 1.29 is 41.7 Å². The van der Waals surface area contributed by atoms with Gasteiger partial charge in [0.2, 0.25) is 0 Å². The maximum absolute atomic E-state index is 14.6. The molecular formula is C17H12F3NO6. The molecule has 0 saturated heterocycles. The van der Waals surface area contributed by atoms with Crippen molar-refractivity contribution in [3.63, 3.8) is 0 Å². The molecule has 0 N–H and O–H groups in total. The summed E-state index contributed by atoms with van der Waals surface area (Å²) in [6, 6.07) is 1.60. The zero-order valence-electron chi connectivity index (χ0n) is 14.0. The van der Waals surface area contributed by atoms with Gasteiger partial charge in [-0.05, 0) is 12.2 Å². The summed E-state index contributed by atoms with van der Waals surface area (Å²) in [6.45, 7) is 0. The van der Waals surface area contributed by atoms with Gasteiger partial charge in [-0.3, -0.25) is 0 Å². The molecule has 0 atom stereocenters. The number of ether oxygens (including phenoxy) is 4. The number of halogens is 3. The number of methoxy groups -OCH3 is 2. The minimum Gasteiger partial charge on any atom is -0.465 e. The highest BCUT2D eigenvalue weighted by atomic mass is 19.3. The molecule has 2 heterocycles. The van der Waals surface area contributed by atoms with Crippen LogP contribution in [0.2, 0.25) is 0 Å². The van der Waals surface area contributed by atoms with Gasteiger partial charge in [0.05, 0.1) is 25.5 Å². The first-order chi connectivity index (χ1) is 12.8. The second-order valence-electron chi connectivity index (χ2n) is 5.23. The van der Waals surface area contributed by atoms with Crippen LogP contribution in [0.3, 0.4) is 0 Å². The molecular weight excluding hydrogens is 371 g/mol. The Bertz CT molecular complexity index is 906. The van der Waals surface area contributed by atoms with Gasteiger partial charge < -0.3 is 23.8 Å².